The third kappa shape index (κ3) is 7.98. The molecule has 14 nitrogen and oxygen atoms in total. The van der Waals surface area contributed by atoms with E-state index in [4.69, 9.17) is 9.47 Å². The Morgan fingerprint density at radius 1 is 0.915 bits per heavy atom. The number of nitrogens with one attached hydrogen (secondary N) is 3. The largest absolute Gasteiger partial charge is 0.433 e. The molecule has 0 bridgehead atoms. The van der Waals surface area contributed by atoms with Crippen LogP contribution in [0.25, 0.3) is 0 Å². The number of fused-ring (bicyclic) bond motifs is 1. The minimum absolute atomic E-state index is 0.134. The number of carbonyl (C=O) groups excluding carboxylic acids is 6. The zero-order valence-corrected chi connectivity index (χ0v) is 25.4. The van der Waals surface area contributed by atoms with Crippen molar-refractivity contribution in [1.82, 2.24) is 10.6 Å². The van der Waals surface area contributed by atoms with Crippen LogP contribution in [0.5, 0.6) is 0 Å². The van der Waals surface area contributed by atoms with Crippen molar-refractivity contribution in [3.8, 4) is 0 Å². The first-order valence-corrected chi connectivity index (χ1v) is 14.8. The van der Waals surface area contributed by atoms with Crippen molar-refractivity contribution in [1.29, 1.82) is 0 Å². The smallest absolute Gasteiger partial charge is 0.310 e. The second-order valence-electron chi connectivity index (χ2n) is 10.9. The molecule has 3 aromatic carbocycles. The minimum Gasteiger partial charge on any atom is -0.433 e. The lowest BCUT2D eigenvalue weighted by molar-refractivity contribution is -0.168. The maximum Gasteiger partial charge on any atom is 0.310 e. The summed E-state index contributed by atoms with van der Waals surface area (Å²) in [6.45, 7) is -0.251. The first-order chi connectivity index (χ1) is 22.6. The lowest BCUT2D eigenvalue weighted by atomic mass is 10.1. The van der Waals surface area contributed by atoms with Crippen molar-refractivity contribution in [3.63, 3.8) is 0 Å². The number of benzene rings is 3. The lowest BCUT2D eigenvalue weighted by Crippen LogP contribution is -2.55. The van der Waals surface area contributed by atoms with E-state index in [9.17, 15) is 33.9 Å². The molecule has 0 aromatic heterocycles. The van der Waals surface area contributed by atoms with Gasteiger partial charge in [-0.05, 0) is 42.0 Å². The second-order valence-corrected chi connectivity index (χ2v) is 10.9. The molecular formula is C33H33N5O9. The Balaban J connectivity index is 1.35. The number of rotatable bonds is 10. The molecular weight excluding hydrogens is 610 g/mol. The van der Waals surface area contributed by atoms with Crippen molar-refractivity contribution in [2.45, 2.75) is 38.3 Å². The molecule has 0 radical (unpaired) electrons. The third-order valence-electron chi connectivity index (χ3n) is 7.47. The van der Waals surface area contributed by atoms with Crippen molar-refractivity contribution in [3.05, 3.63) is 90.0 Å². The van der Waals surface area contributed by atoms with Crippen LogP contribution >= 0.6 is 0 Å². The van der Waals surface area contributed by atoms with Gasteiger partial charge in [0.15, 0.2) is 0 Å². The predicted octanol–water partition coefficient (Wildman–Crippen LogP) is 1.09. The topological polar surface area (TPSA) is 184 Å². The molecule has 3 aromatic rings. The molecule has 0 saturated carbocycles. The van der Waals surface area contributed by atoms with Crippen LogP contribution in [0.1, 0.15) is 29.3 Å². The van der Waals surface area contributed by atoms with Crippen molar-refractivity contribution in [2.75, 3.05) is 34.8 Å². The molecule has 1 saturated heterocycles. The van der Waals surface area contributed by atoms with E-state index in [0.29, 0.717) is 5.69 Å². The van der Waals surface area contributed by atoms with Gasteiger partial charge < -0.3 is 35.4 Å². The average molecular weight is 644 g/mol. The minimum atomic E-state index is -1.33. The second kappa shape index (κ2) is 14.7. The zero-order valence-electron chi connectivity index (χ0n) is 25.4. The van der Waals surface area contributed by atoms with Gasteiger partial charge in [-0.1, -0.05) is 42.5 Å². The van der Waals surface area contributed by atoms with E-state index in [-0.39, 0.29) is 42.4 Å². The molecule has 1 fully saturated rings. The molecule has 244 valence electrons. The Hall–Kier alpha value is -5.60. The Morgan fingerprint density at radius 2 is 1.60 bits per heavy atom. The van der Waals surface area contributed by atoms with Crippen molar-refractivity contribution >= 4 is 52.6 Å². The maximum atomic E-state index is 14.0. The molecule has 3 atom stereocenters. The van der Waals surface area contributed by atoms with E-state index in [1.54, 1.807) is 18.2 Å². The normalized spacial score (nSPS) is 18.9. The summed E-state index contributed by atoms with van der Waals surface area (Å²) >= 11 is 0. The number of ether oxygens (including phenoxy) is 2. The fourth-order valence-electron chi connectivity index (χ4n) is 5.28. The number of esters is 1. The summed E-state index contributed by atoms with van der Waals surface area (Å²) in [4.78, 5) is 79.4. The first-order valence-electron chi connectivity index (χ1n) is 14.8. The predicted molar refractivity (Wildman–Crippen MR) is 168 cm³/mol. The van der Waals surface area contributed by atoms with Crippen LogP contribution in [0.3, 0.4) is 0 Å². The number of anilines is 3. The Bertz CT molecular complexity index is 1660. The summed E-state index contributed by atoms with van der Waals surface area (Å²) in [5.74, 6) is -3.56. The number of nitrogens with zero attached hydrogens (tertiary/aromatic N) is 2. The highest BCUT2D eigenvalue weighted by molar-refractivity contribution is 6.11. The summed E-state index contributed by atoms with van der Waals surface area (Å²) in [6.07, 6.45) is -1.20. The molecule has 47 heavy (non-hydrogen) atoms. The number of hydrogen-bond acceptors (Lipinski definition) is 9. The third-order valence-corrected chi connectivity index (χ3v) is 7.47. The summed E-state index contributed by atoms with van der Waals surface area (Å²) in [5.41, 5.74) is 1.92. The molecule has 0 spiro atoms. The quantitative estimate of drug-likeness (QED) is 0.235. The van der Waals surface area contributed by atoms with Crippen molar-refractivity contribution < 1.29 is 43.3 Å². The van der Waals surface area contributed by atoms with E-state index in [1.165, 1.54) is 42.2 Å². The van der Waals surface area contributed by atoms with Gasteiger partial charge in [-0.15, -0.1) is 0 Å². The number of hydrogen-bond donors (Lipinski definition) is 4. The number of amides is 5. The number of aliphatic hydroxyl groups excluding tert-OH is 1. The van der Waals surface area contributed by atoms with Crippen LogP contribution in [-0.4, -0.2) is 78.7 Å². The molecule has 1 unspecified atom stereocenters. The standard InChI is InChI=1S/C33H33N5O9/c1-20(40)34-23-13-11-22(12-14-23)31(44)36-25-16-37(29(42)18-39)26-9-5-6-10-27(26)38(32(25)45)17-28(41)35-24-15-30(43)47-33(24)46-19-21-7-3-2-4-8-21/h2-14,24-25,33,39H,15-19H2,1H3,(H,34,40)(H,35,41)(H,36,44)/t24-,25-,33?/m0/s1. The van der Waals surface area contributed by atoms with Crippen LogP contribution in [0, 0.1) is 0 Å². The Morgan fingerprint density at radius 3 is 2.28 bits per heavy atom. The van der Waals surface area contributed by atoms with E-state index in [1.807, 2.05) is 30.3 Å². The fraction of sp³-hybridized carbons (Fsp3) is 0.273. The monoisotopic (exact) mass is 643 g/mol. The number of aliphatic hydroxyl groups is 1. The van der Waals surface area contributed by atoms with Gasteiger partial charge in [0.05, 0.1) is 30.9 Å². The van der Waals surface area contributed by atoms with Gasteiger partial charge >= 0.3 is 5.97 Å². The molecule has 2 aliphatic heterocycles. The van der Waals surface area contributed by atoms with Gasteiger partial charge in [0.25, 0.3) is 17.7 Å². The average Bonchev–Trinajstić information content (AvgIpc) is 3.37. The first kappa shape index (κ1) is 32.8. The molecule has 0 aliphatic carbocycles. The highest BCUT2D eigenvalue weighted by Crippen LogP contribution is 2.33. The summed E-state index contributed by atoms with van der Waals surface area (Å²) < 4.78 is 11.0. The summed E-state index contributed by atoms with van der Waals surface area (Å²) in [6, 6.07) is 19.3. The van der Waals surface area contributed by atoms with Gasteiger partial charge in [-0.2, -0.15) is 0 Å². The van der Waals surface area contributed by atoms with Gasteiger partial charge in [0.2, 0.25) is 18.1 Å². The van der Waals surface area contributed by atoms with E-state index < -0.39 is 61.1 Å². The van der Waals surface area contributed by atoms with Crippen molar-refractivity contribution in [2.24, 2.45) is 0 Å². The molecule has 5 amide bonds. The SMILES string of the molecule is CC(=O)Nc1ccc(C(=O)N[C@H]2CN(C(=O)CO)c3ccccc3N(CC(=O)N[C@H]3CC(=O)OC3OCc3ccccc3)C2=O)cc1. The van der Waals surface area contributed by atoms with Gasteiger partial charge in [0.1, 0.15) is 25.2 Å². The van der Waals surface area contributed by atoms with Gasteiger partial charge in [-0.3, -0.25) is 33.7 Å². The molecule has 5 rings (SSSR count). The van der Waals surface area contributed by atoms with Crippen LogP contribution < -0.4 is 25.8 Å². The van der Waals surface area contributed by atoms with Gasteiger partial charge in [-0.25, -0.2) is 0 Å². The van der Waals surface area contributed by atoms with Gasteiger partial charge in [0, 0.05) is 18.2 Å². The Kier molecular flexibility index (Phi) is 10.2. The maximum absolute atomic E-state index is 14.0. The van der Waals surface area contributed by atoms with E-state index in [0.717, 1.165) is 10.5 Å². The zero-order chi connectivity index (χ0) is 33.5. The van der Waals surface area contributed by atoms with Crippen LogP contribution in [0.15, 0.2) is 78.9 Å². The van der Waals surface area contributed by atoms with Crippen LogP contribution in [0.4, 0.5) is 17.1 Å². The lowest BCUT2D eigenvalue weighted by Gasteiger charge is -2.26. The summed E-state index contributed by atoms with van der Waals surface area (Å²) in [7, 11) is 0. The van der Waals surface area contributed by atoms with E-state index in [2.05, 4.69) is 16.0 Å². The number of carbonyl (C=O) groups is 6. The highest BCUT2D eigenvalue weighted by atomic mass is 16.7. The highest BCUT2D eigenvalue weighted by Gasteiger charge is 2.40. The summed E-state index contributed by atoms with van der Waals surface area (Å²) in [5, 5.41) is 17.7. The molecule has 14 heteroatoms. The Labute approximate surface area is 269 Å². The molecule has 4 N–H and O–H groups in total. The number of para-hydroxylation sites is 2. The van der Waals surface area contributed by atoms with Crippen LogP contribution in [0.2, 0.25) is 0 Å². The van der Waals surface area contributed by atoms with E-state index >= 15 is 0 Å². The molecule has 2 heterocycles. The molecule has 2 aliphatic rings. The fourth-order valence-corrected chi connectivity index (χ4v) is 5.28. The number of cyclic esters (lactones) is 1. The van der Waals surface area contributed by atoms with Crippen LogP contribution in [-0.2, 0) is 40.1 Å².